The van der Waals surface area contributed by atoms with E-state index in [-0.39, 0.29) is 11.9 Å². The topological polar surface area (TPSA) is 24.9 Å². The molecule has 1 aromatic heterocycles. The molecule has 17 heavy (non-hydrogen) atoms. The average molecular weight is 315 g/mol. The fraction of sp³-hybridized carbons (Fsp3) is 0.250. The maximum Gasteiger partial charge on any atom is 0.137 e. The van der Waals surface area contributed by atoms with Crippen molar-refractivity contribution in [2.24, 2.45) is 0 Å². The molecule has 2 rings (SSSR count). The Morgan fingerprint density at radius 1 is 1.47 bits per heavy atom. The molecule has 0 radical (unpaired) electrons. The summed E-state index contributed by atoms with van der Waals surface area (Å²) in [5, 5.41) is 6.11. The zero-order chi connectivity index (χ0) is 12.4. The van der Waals surface area contributed by atoms with Crippen LogP contribution >= 0.6 is 27.3 Å². The molecule has 5 heteroatoms. The van der Waals surface area contributed by atoms with Crippen molar-refractivity contribution >= 4 is 27.3 Å². The van der Waals surface area contributed by atoms with Crippen LogP contribution in [0.25, 0.3) is 0 Å². The maximum atomic E-state index is 13.5. The molecular weight excluding hydrogens is 303 g/mol. The molecule has 0 saturated carbocycles. The largest absolute Gasteiger partial charge is 0.307 e. The summed E-state index contributed by atoms with van der Waals surface area (Å²) < 4.78 is 14.0. The van der Waals surface area contributed by atoms with Gasteiger partial charge in [0.05, 0.1) is 10.5 Å². The third kappa shape index (κ3) is 2.73. The number of nitrogens with one attached hydrogen (secondary N) is 1. The standard InChI is InChI=1S/C12H12BrFN2S/c1-7-6-17-12(16-7)11(15-2)8-3-4-9(13)10(14)5-8/h3-6,11,15H,1-2H3. The summed E-state index contributed by atoms with van der Waals surface area (Å²) in [7, 11) is 1.85. The van der Waals surface area contributed by atoms with Crippen LogP contribution in [0.3, 0.4) is 0 Å². The summed E-state index contributed by atoms with van der Waals surface area (Å²) in [4.78, 5) is 4.43. The van der Waals surface area contributed by atoms with Crippen molar-refractivity contribution in [3.05, 3.63) is 50.1 Å². The fourth-order valence-corrected chi connectivity index (χ4v) is 2.81. The van der Waals surface area contributed by atoms with Crippen LogP contribution in [-0.2, 0) is 0 Å². The van der Waals surface area contributed by atoms with Gasteiger partial charge in [0, 0.05) is 11.1 Å². The Bertz CT molecular complexity index is 527. The molecule has 0 bridgehead atoms. The van der Waals surface area contributed by atoms with Crippen molar-refractivity contribution in [1.82, 2.24) is 10.3 Å². The minimum absolute atomic E-state index is 0.0590. The average Bonchev–Trinajstić information content (AvgIpc) is 2.71. The molecular formula is C12H12BrFN2S. The number of hydrogen-bond donors (Lipinski definition) is 1. The van der Waals surface area contributed by atoms with Crippen molar-refractivity contribution in [2.75, 3.05) is 7.05 Å². The lowest BCUT2D eigenvalue weighted by atomic mass is 10.1. The van der Waals surface area contributed by atoms with Gasteiger partial charge in [-0.05, 0) is 47.6 Å². The van der Waals surface area contributed by atoms with Crippen LogP contribution in [0.1, 0.15) is 22.3 Å². The molecule has 0 spiro atoms. The molecule has 2 nitrogen and oxygen atoms in total. The molecule has 2 aromatic rings. The predicted octanol–water partition coefficient (Wildman–Crippen LogP) is 3.66. The van der Waals surface area contributed by atoms with Gasteiger partial charge >= 0.3 is 0 Å². The first kappa shape index (κ1) is 12.7. The first-order valence-electron chi connectivity index (χ1n) is 5.16. The summed E-state index contributed by atoms with van der Waals surface area (Å²) in [6, 6.07) is 5.08. The second-order valence-corrected chi connectivity index (χ2v) is 5.47. The number of thiazole rings is 1. The van der Waals surface area contributed by atoms with Crippen molar-refractivity contribution in [3.63, 3.8) is 0 Å². The van der Waals surface area contributed by atoms with E-state index in [4.69, 9.17) is 0 Å². The first-order valence-corrected chi connectivity index (χ1v) is 6.83. The molecule has 90 valence electrons. The van der Waals surface area contributed by atoms with Gasteiger partial charge in [0.25, 0.3) is 0 Å². The molecule has 0 aliphatic heterocycles. The monoisotopic (exact) mass is 314 g/mol. The van der Waals surface area contributed by atoms with Crippen LogP contribution in [0.4, 0.5) is 4.39 Å². The summed E-state index contributed by atoms with van der Waals surface area (Å²) in [6.07, 6.45) is 0. The van der Waals surface area contributed by atoms with Crippen molar-refractivity contribution < 1.29 is 4.39 Å². The molecule has 1 aromatic carbocycles. The van der Waals surface area contributed by atoms with Crippen LogP contribution in [0.2, 0.25) is 0 Å². The van der Waals surface area contributed by atoms with Gasteiger partial charge in [0.1, 0.15) is 10.8 Å². The van der Waals surface area contributed by atoms with Gasteiger partial charge in [-0.2, -0.15) is 0 Å². The van der Waals surface area contributed by atoms with Crippen LogP contribution in [0, 0.1) is 12.7 Å². The van der Waals surface area contributed by atoms with Gasteiger partial charge in [-0.25, -0.2) is 9.37 Å². The summed E-state index contributed by atoms with van der Waals surface area (Å²) in [5.41, 5.74) is 1.87. The highest BCUT2D eigenvalue weighted by Crippen LogP contribution is 2.27. The molecule has 0 saturated heterocycles. The van der Waals surface area contributed by atoms with E-state index < -0.39 is 0 Å². The maximum absolute atomic E-state index is 13.5. The molecule has 0 amide bonds. The fourth-order valence-electron chi connectivity index (χ4n) is 1.63. The van der Waals surface area contributed by atoms with Crippen LogP contribution in [-0.4, -0.2) is 12.0 Å². The number of benzene rings is 1. The number of aromatic nitrogens is 1. The lowest BCUT2D eigenvalue weighted by Crippen LogP contribution is -2.17. The van der Waals surface area contributed by atoms with Gasteiger partial charge in [-0.15, -0.1) is 11.3 Å². The Kier molecular flexibility index (Phi) is 3.91. The lowest BCUT2D eigenvalue weighted by Gasteiger charge is -2.14. The van der Waals surface area contributed by atoms with E-state index in [1.807, 2.05) is 25.4 Å². The van der Waals surface area contributed by atoms with Gasteiger partial charge in [-0.3, -0.25) is 0 Å². The van der Waals surface area contributed by atoms with E-state index in [1.54, 1.807) is 17.4 Å². The zero-order valence-electron chi connectivity index (χ0n) is 9.50. The Morgan fingerprint density at radius 3 is 2.76 bits per heavy atom. The third-order valence-electron chi connectivity index (χ3n) is 2.45. The Balaban J connectivity index is 2.38. The molecule has 1 N–H and O–H groups in total. The second-order valence-electron chi connectivity index (χ2n) is 3.72. The molecule has 1 unspecified atom stereocenters. The number of nitrogens with zero attached hydrogens (tertiary/aromatic N) is 1. The van der Waals surface area contributed by atoms with E-state index in [9.17, 15) is 4.39 Å². The number of halogens is 2. The molecule has 0 fully saturated rings. The quantitative estimate of drug-likeness (QED) is 0.935. The van der Waals surface area contributed by atoms with Gasteiger partial charge in [0.15, 0.2) is 0 Å². The van der Waals surface area contributed by atoms with E-state index in [1.165, 1.54) is 6.07 Å². The normalized spacial score (nSPS) is 12.7. The smallest absolute Gasteiger partial charge is 0.137 e. The third-order valence-corrected chi connectivity index (χ3v) is 4.12. The minimum atomic E-state index is -0.254. The van der Waals surface area contributed by atoms with Gasteiger partial charge < -0.3 is 5.32 Å². The van der Waals surface area contributed by atoms with Crippen LogP contribution < -0.4 is 5.32 Å². The van der Waals surface area contributed by atoms with Crippen LogP contribution in [0.15, 0.2) is 28.1 Å². The Hall–Kier alpha value is -0.780. The SMILES string of the molecule is CNC(c1ccc(Br)c(F)c1)c1nc(C)cs1. The Morgan fingerprint density at radius 2 is 2.24 bits per heavy atom. The zero-order valence-corrected chi connectivity index (χ0v) is 11.9. The predicted molar refractivity (Wildman–Crippen MR) is 71.9 cm³/mol. The molecule has 0 aliphatic carbocycles. The van der Waals surface area contributed by atoms with E-state index >= 15 is 0 Å². The second kappa shape index (κ2) is 5.25. The molecule has 1 heterocycles. The van der Waals surface area contributed by atoms with Crippen molar-refractivity contribution in [1.29, 1.82) is 0 Å². The molecule has 0 aliphatic rings. The number of hydrogen-bond acceptors (Lipinski definition) is 3. The van der Waals surface area contributed by atoms with E-state index in [0.717, 1.165) is 16.3 Å². The van der Waals surface area contributed by atoms with Crippen molar-refractivity contribution in [2.45, 2.75) is 13.0 Å². The van der Waals surface area contributed by atoms with Gasteiger partial charge in [0.2, 0.25) is 0 Å². The summed E-state index contributed by atoms with van der Waals surface area (Å²) >= 11 is 4.73. The lowest BCUT2D eigenvalue weighted by molar-refractivity contribution is 0.610. The Labute approximate surface area is 112 Å². The minimum Gasteiger partial charge on any atom is -0.307 e. The number of rotatable bonds is 3. The van der Waals surface area contributed by atoms with E-state index in [0.29, 0.717) is 4.47 Å². The highest BCUT2D eigenvalue weighted by molar-refractivity contribution is 9.10. The van der Waals surface area contributed by atoms with Crippen molar-refractivity contribution in [3.8, 4) is 0 Å². The van der Waals surface area contributed by atoms with Gasteiger partial charge in [-0.1, -0.05) is 6.07 Å². The summed E-state index contributed by atoms with van der Waals surface area (Å²) in [6.45, 7) is 1.95. The highest BCUT2D eigenvalue weighted by Gasteiger charge is 2.16. The molecule has 1 atom stereocenters. The van der Waals surface area contributed by atoms with E-state index in [2.05, 4.69) is 26.2 Å². The number of aryl methyl sites for hydroxylation is 1. The first-order chi connectivity index (χ1) is 8.11. The van der Waals surface area contributed by atoms with Crippen LogP contribution in [0.5, 0.6) is 0 Å². The summed E-state index contributed by atoms with van der Waals surface area (Å²) in [5.74, 6) is -0.254. The highest BCUT2D eigenvalue weighted by atomic mass is 79.9.